The summed E-state index contributed by atoms with van der Waals surface area (Å²) < 4.78 is 36.0. The number of hydrogen-bond donors (Lipinski definition) is 0. The van der Waals surface area contributed by atoms with Crippen LogP contribution in [0.2, 0.25) is 0 Å². The van der Waals surface area contributed by atoms with E-state index in [2.05, 4.69) is 0 Å². The van der Waals surface area contributed by atoms with E-state index < -0.39 is 76.4 Å². The van der Waals surface area contributed by atoms with Gasteiger partial charge in [-0.15, -0.1) is 0 Å². The van der Waals surface area contributed by atoms with Crippen molar-refractivity contribution in [3.8, 4) is 0 Å². The maximum Gasteiger partial charge on any atom is 0.342 e. The molecule has 0 amide bonds. The number of rotatable bonds is 3. The van der Waals surface area contributed by atoms with Gasteiger partial charge in [-0.25, -0.2) is 4.79 Å². The van der Waals surface area contributed by atoms with Gasteiger partial charge in [-0.05, 0) is 39.7 Å². The van der Waals surface area contributed by atoms with Crippen molar-refractivity contribution in [3.05, 3.63) is 11.6 Å². The molecule has 0 aromatic carbocycles. The van der Waals surface area contributed by atoms with Gasteiger partial charge in [0.15, 0.2) is 17.3 Å². The summed E-state index contributed by atoms with van der Waals surface area (Å²) in [5.41, 5.74) is -3.59. The number of fused-ring (bicyclic) bond motifs is 3. The molecule has 3 saturated heterocycles. The Kier molecular flexibility index (Phi) is 5.44. The molecule has 3 aliphatic heterocycles. The molecule has 0 aromatic rings. The van der Waals surface area contributed by atoms with Crippen LogP contribution < -0.4 is 0 Å². The fourth-order valence-corrected chi connectivity index (χ4v) is 7.29. The van der Waals surface area contributed by atoms with Crippen LogP contribution in [0.1, 0.15) is 67.7 Å². The minimum absolute atomic E-state index is 0.283. The molecule has 3 heterocycles. The average Bonchev–Trinajstić information content (AvgIpc) is 3.58. The van der Waals surface area contributed by atoms with E-state index in [4.69, 9.17) is 28.4 Å². The zero-order valence-corrected chi connectivity index (χ0v) is 21.7. The normalized spacial score (nSPS) is 50.0. The summed E-state index contributed by atoms with van der Waals surface area (Å²) in [7, 11) is 0. The Morgan fingerprint density at radius 2 is 1.58 bits per heavy atom. The number of ether oxygens (including phenoxy) is 6. The predicted molar refractivity (Wildman–Crippen MR) is 121 cm³/mol. The molecule has 1 spiro atoms. The van der Waals surface area contributed by atoms with Crippen molar-refractivity contribution in [2.75, 3.05) is 0 Å². The lowest BCUT2D eigenvalue weighted by molar-refractivity contribution is -0.212. The topological polar surface area (TPSA) is 130 Å². The van der Waals surface area contributed by atoms with Crippen LogP contribution in [0.25, 0.3) is 0 Å². The fraction of sp³-hybridized carbons (Fsp3) is 0.769. The molecule has 0 radical (unpaired) electrons. The Bertz CT molecular complexity index is 1070. The highest BCUT2D eigenvalue weighted by Crippen LogP contribution is 2.69. The van der Waals surface area contributed by atoms with E-state index in [1.807, 2.05) is 26.8 Å². The lowest BCUT2D eigenvalue weighted by Gasteiger charge is -2.54. The van der Waals surface area contributed by atoms with Crippen molar-refractivity contribution in [1.29, 1.82) is 0 Å². The van der Waals surface area contributed by atoms with Gasteiger partial charge in [0.05, 0.1) is 17.1 Å². The van der Waals surface area contributed by atoms with Gasteiger partial charge in [-0.3, -0.25) is 14.4 Å². The number of esters is 4. The smallest absolute Gasteiger partial charge is 0.342 e. The second-order valence-corrected chi connectivity index (χ2v) is 11.4. The number of carbonyl (C=O) groups is 4. The van der Waals surface area contributed by atoms with Gasteiger partial charge in [-0.1, -0.05) is 12.5 Å². The van der Waals surface area contributed by atoms with E-state index >= 15 is 0 Å². The molecule has 1 unspecified atom stereocenters. The van der Waals surface area contributed by atoms with Gasteiger partial charge < -0.3 is 28.4 Å². The van der Waals surface area contributed by atoms with Gasteiger partial charge in [-0.2, -0.15) is 0 Å². The zero-order valence-electron chi connectivity index (χ0n) is 21.7. The van der Waals surface area contributed by atoms with Crippen LogP contribution in [0.15, 0.2) is 11.6 Å². The van der Waals surface area contributed by atoms with Crippen molar-refractivity contribution >= 4 is 23.9 Å². The maximum atomic E-state index is 13.0. The molecule has 2 aliphatic carbocycles. The minimum Gasteiger partial charge on any atom is -0.462 e. The summed E-state index contributed by atoms with van der Waals surface area (Å²) in [6.07, 6.45) is -0.313. The highest BCUT2D eigenvalue weighted by atomic mass is 16.7. The Morgan fingerprint density at radius 1 is 0.972 bits per heavy atom. The molecule has 4 fully saturated rings. The van der Waals surface area contributed by atoms with Crippen molar-refractivity contribution in [2.45, 2.75) is 115 Å². The van der Waals surface area contributed by atoms with Gasteiger partial charge in [0.1, 0.15) is 18.3 Å². The third kappa shape index (κ3) is 3.29. The van der Waals surface area contributed by atoms with E-state index in [1.54, 1.807) is 6.92 Å². The molecule has 10 heteroatoms. The van der Waals surface area contributed by atoms with E-state index in [9.17, 15) is 19.2 Å². The summed E-state index contributed by atoms with van der Waals surface area (Å²) in [5, 5.41) is 0. The second-order valence-electron chi connectivity index (χ2n) is 11.4. The Labute approximate surface area is 209 Å². The van der Waals surface area contributed by atoms with Crippen molar-refractivity contribution in [3.63, 3.8) is 0 Å². The van der Waals surface area contributed by atoms with Crippen LogP contribution in [0, 0.1) is 11.3 Å². The Hall–Kier alpha value is -2.46. The first-order valence-corrected chi connectivity index (χ1v) is 12.5. The zero-order chi connectivity index (χ0) is 26.4. The largest absolute Gasteiger partial charge is 0.462 e. The Balaban J connectivity index is 1.75. The molecule has 5 rings (SSSR count). The number of carbonyl (C=O) groups excluding carboxylic acids is 4. The molecule has 0 aromatic heterocycles. The van der Waals surface area contributed by atoms with Gasteiger partial charge in [0.25, 0.3) is 0 Å². The van der Waals surface area contributed by atoms with E-state index in [-0.39, 0.29) is 6.10 Å². The lowest BCUT2D eigenvalue weighted by Crippen LogP contribution is -2.66. The summed E-state index contributed by atoms with van der Waals surface area (Å²) in [5.74, 6) is -2.71. The van der Waals surface area contributed by atoms with E-state index in [0.29, 0.717) is 19.3 Å². The van der Waals surface area contributed by atoms with Gasteiger partial charge >= 0.3 is 23.9 Å². The highest BCUT2D eigenvalue weighted by molar-refractivity contribution is 5.89. The monoisotopic (exact) mass is 506 g/mol. The molecule has 0 N–H and O–H groups in total. The van der Waals surface area contributed by atoms with Crippen LogP contribution in [-0.2, 0) is 47.6 Å². The summed E-state index contributed by atoms with van der Waals surface area (Å²) in [4.78, 5) is 50.1. The first-order valence-electron chi connectivity index (χ1n) is 12.5. The average molecular weight is 507 g/mol. The van der Waals surface area contributed by atoms with Crippen molar-refractivity contribution in [1.82, 2.24) is 0 Å². The number of allylic oxidation sites excluding steroid dienone is 1. The third-order valence-corrected chi connectivity index (χ3v) is 9.08. The summed E-state index contributed by atoms with van der Waals surface area (Å²) in [6, 6.07) is 0. The van der Waals surface area contributed by atoms with E-state index in [0.717, 1.165) is 5.57 Å². The first-order chi connectivity index (χ1) is 16.7. The SMILES string of the molecule is CC(=O)OC1[C@H]2[C@@]3(C)O[C@H]3C[C@H](OC(C)=O)[C@]2(C)[C@H](OC(C)=O)CC/C(C)=C\[C@@H]2OC(=O)[C@]3(C)O[C@]123. The number of hydrogen-bond acceptors (Lipinski definition) is 10. The second kappa shape index (κ2) is 7.77. The van der Waals surface area contributed by atoms with E-state index in [1.165, 1.54) is 20.8 Å². The highest BCUT2D eigenvalue weighted by Gasteiger charge is 2.89. The standard InChI is InChI=1S/C26H34O10/c1-12-8-9-16(31-13(2)27)23(5)17(32-14(3)28)11-18-24(6,35-18)20(23)21(33-15(4)29)26-19(10-12)34-22(30)25(26,7)36-26/h10,16-21H,8-9,11H2,1-7H3/b12-10-/t16-,17+,18+,19+,20-,21?,23+,24+,25+,26+/m1/s1. The van der Waals surface area contributed by atoms with Gasteiger partial charge in [0.2, 0.25) is 0 Å². The Morgan fingerprint density at radius 3 is 2.17 bits per heavy atom. The quantitative estimate of drug-likeness (QED) is 0.243. The fourth-order valence-electron chi connectivity index (χ4n) is 7.29. The van der Waals surface area contributed by atoms with Crippen LogP contribution in [0.4, 0.5) is 0 Å². The molecule has 5 aliphatic rings. The first kappa shape index (κ1) is 25.2. The predicted octanol–water partition coefficient (Wildman–Crippen LogP) is 2.16. The van der Waals surface area contributed by atoms with Crippen LogP contribution in [0.3, 0.4) is 0 Å². The van der Waals surface area contributed by atoms with Crippen LogP contribution in [-0.4, -0.2) is 71.2 Å². The molecule has 1 saturated carbocycles. The molecular formula is C26H34O10. The summed E-state index contributed by atoms with van der Waals surface area (Å²) in [6.45, 7) is 11.3. The van der Waals surface area contributed by atoms with Gasteiger partial charge in [0, 0.05) is 33.1 Å². The lowest BCUT2D eigenvalue weighted by atomic mass is 9.53. The third-order valence-electron chi connectivity index (χ3n) is 9.08. The molecule has 0 bridgehead atoms. The maximum absolute atomic E-state index is 13.0. The molecular weight excluding hydrogens is 472 g/mol. The molecule has 198 valence electrons. The van der Waals surface area contributed by atoms with Crippen LogP contribution in [0.5, 0.6) is 0 Å². The minimum atomic E-state index is -1.33. The van der Waals surface area contributed by atoms with Crippen LogP contribution >= 0.6 is 0 Å². The molecule has 10 atom stereocenters. The van der Waals surface area contributed by atoms with Crippen molar-refractivity contribution in [2.24, 2.45) is 11.3 Å². The van der Waals surface area contributed by atoms with Crippen molar-refractivity contribution < 1.29 is 47.6 Å². The molecule has 10 nitrogen and oxygen atoms in total. The summed E-state index contributed by atoms with van der Waals surface area (Å²) >= 11 is 0. The number of epoxide rings is 2. The molecule has 36 heavy (non-hydrogen) atoms.